The van der Waals surface area contributed by atoms with Crippen molar-refractivity contribution in [3.05, 3.63) is 35.6 Å². The van der Waals surface area contributed by atoms with Gasteiger partial charge in [0.05, 0.1) is 19.3 Å². The zero-order chi connectivity index (χ0) is 13.4. The molecule has 3 nitrogen and oxygen atoms in total. The molecule has 0 bridgehead atoms. The van der Waals surface area contributed by atoms with Crippen molar-refractivity contribution >= 4 is 0 Å². The molecule has 102 valence electrons. The third kappa shape index (κ3) is 5.12. The molecule has 0 aliphatic heterocycles. The van der Waals surface area contributed by atoms with Gasteiger partial charge in [-0.3, -0.25) is 0 Å². The summed E-state index contributed by atoms with van der Waals surface area (Å²) in [5, 5.41) is 3.27. The third-order valence-electron chi connectivity index (χ3n) is 2.57. The van der Waals surface area contributed by atoms with Gasteiger partial charge in [0.2, 0.25) is 0 Å². The molecule has 0 amide bonds. The van der Waals surface area contributed by atoms with Gasteiger partial charge in [-0.15, -0.1) is 0 Å². The monoisotopic (exact) mass is 255 g/mol. The highest BCUT2D eigenvalue weighted by Crippen LogP contribution is 2.20. The summed E-state index contributed by atoms with van der Waals surface area (Å²) in [4.78, 5) is 0. The van der Waals surface area contributed by atoms with Crippen LogP contribution in [0.25, 0.3) is 0 Å². The largest absolute Gasteiger partial charge is 0.382 e. The molecule has 0 saturated heterocycles. The predicted octanol–water partition coefficient (Wildman–Crippen LogP) is 2.53. The minimum absolute atomic E-state index is 0.231. The fourth-order valence-corrected chi connectivity index (χ4v) is 1.61. The lowest BCUT2D eigenvalue weighted by Crippen LogP contribution is -2.30. The molecule has 0 aliphatic carbocycles. The van der Waals surface area contributed by atoms with Gasteiger partial charge in [-0.05, 0) is 6.07 Å². The van der Waals surface area contributed by atoms with Gasteiger partial charge in [0, 0.05) is 25.3 Å². The molecule has 1 N–H and O–H groups in total. The van der Waals surface area contributed by atoms with Gasteiger partial charge >= 0.3 is 0 Å². The Morgan fingerprint density at radius 1 is 1.22 bits per heavy atom. The number of rotatable bonds is 8. The molecule has 0 spiro atoms. The molecule has 0 fully saturated rings. The first-order valence-corrected chi connectivity index (χ1v) is 6.23. The first-order valence-electron chi connectivity index (χ1n) is 6.23. The van der Waals surface area contributed by atoms with Gasteiger partial charge in [0.25, 0.3) is 0 Å². The van der Waals surface area contributed by atoms with E-state index in [1.807, 2.05) is 19.9 Å². The smallest absolute Gasteiger partial charge is 0.129 e. The van der Waals surface area contributed by atoms with Gasteiger partial charge < -0.3 is 14.8 Å². The normalized spacial score (nSPS) is 12.9. The molecule has 0 saturated carbocycles. The second kappa shape index (κ2) is 8.19. The lowest BCUT2D eigenvalue weighted by molar-refractivity contribution is 0.0142. The summed E-state index contributed by atoms with van der Waals surface area (Å²) < 4.78 is 24.4. The number of halogens is 1. The number of benzene rings is 1. The van der Waals surface area contributed by atoms with Crippen LogP contribution in [0, 0.1) is 5.82 Å². The summed E-state index contributed by atoms with van der Waals surface area (Å²) in [5.74, 6) is -0.231. The Hall–Kier alpha value is -0.970. The van der Waals surface area contributed by atoms with Gasteiger partial charge in [0.1, 0.15) is 5.82 Å². The van der Waals surface area contributed by atoms with Gasteiger partial charge in [-0.1, -0.05) is 32.0 Å². The third-order valence-corrected chi connectivity index (χ3v) is 2.57. The minimum atomic E-state index is -0.288. The zero-order valence-corrected chi connectivity index (χ0v) is 11.3. The number of nitrogens with one attached hydrogen (secondary N) is 1. The van der Waals surface area contributed by atoms with Crippen molar-refractivity contribution in [1.82, 2.24) is 5.32 Å². The standard InChI is InChI=1S/C14H22FNO2/c1-11(2)16-10-14(18-9-8-17-3)12-6-4-5-7-13(12)15/h4-7,11,14,16H,8-10H2,1-3H3. The van der Waals surface area contributed by atoms with Crippen molar-refractivity contribution in [2.45, 2.75) is 26.0 Å². The molecule has 1 rings (SSSR count). The van der Waals surface area contributed by atoms with Crippen LogP contribution < -0.4 is 5.32 Å². The number of hydrogen-bond acceptors (Lipinski definition) is 3. The summed E-state index contributed by atoms with van der Waals surface area (Å²) in [6, 6.07) is 7.05. The van der Waals surface area contributed by atoms with Crippen LogP contribution >= 0.6 is 0 Å². The SMILES string of the molecule is COCCOC(CNC(C)C)c1ccccc1F. The Morgan fingerprint density at radius 3 is 2.56 bits per heavy atom. The molecule has 1 atom stereocenters. The van der Waals surface area contributed by atoms with E-state index in [1.54, 1.807) is 19.2 Å². The van der Waals surface area contributed by atoms with E-state index in [-0.39, 0.29) is 11.9 Å². The van der Waals surface area contributed by atoms with E-state index in [0.29, 0.717) is 31.4 Å². The first kappa shape index (κ1) is 15.1. The van der Waals surface area contributed by atoms with Crippen molar-refractivity contribution in [1.29, 1.82) is 0 Å². The van der Waals surface area contributed by atoms with Crippen molar-refractivity contribution in [3.63, 3.8) is 0 Å². The summed E-state index contributed by atoms with van der Waals surface area (Å²) >= 11 is 0. The van der Waals surface area contributed by atoms with Gasteiger partial charge in [-0.2, -0.15) is 0 Å². The summed E-state index contributed by atoms with van der Waals surface area (Å²) in [5.41, 5.74) is 0.585. The minimum Gasteiger partial charge on any atom is -0.382 e. The average Bonchev–Trinajstić information content (AvgIpc) is 2.34. The van der Waals surface area contributed by atoms with E-state index < -0.39 is 0 Å². The van der Waals surface area contributed by atoms with E-state index >= 15 is 0 Å². The van der Waals surface area contributed by atoms with Gasteiger partial charge in [-0.25, -0.2) is 4.39 Å². The number of ether oxygens (including phenoxy) is 2. The number of methoxy groups -OCH3 is 1. The van der Waals surface area contributed by atoms with E-state index in [0.717, 1.165) is 0 Å². The molecular formula is C14H22FNO2. The highest BCUT2D eigenvalue weighted by Gasteiger charge is 2.16. The van der Waals surface area contributed by atoms with Crippen LogP contribution in [0.3, 0.4) is 0 Å². The van der Waals surface area contributed by atoms with Gasteiger partial charge in [0.15, 0.2) is 0 Å². The fraction of sp³-hybridized carbons (Fsp3) is 0.571. The Bertz CT molecular complexity index is 344. The fourth-order valence-electron chi connectivity index (χ4n) is 1.61. The second-order valence-electron chi connectivity index (χ2n) is 4.44. The molecule has 0 aromatic heterocycles. The highest BCUT2D eigenvalue weighted by atomic mass is 19.1. The molecule has 18 heavy (non-hydrogen) atoms. The first-order chi connectivity index (χ1) is 8.65. The maximum Gasteiger partial charge on any atom is 0.129 e. The topological polar surface area (TPSA) is 30.5 Å². The van der Waals surface area contributed by atoms with Crippen molar-refractivity contribution in [3.8, 4) is 0 Å². The van der Waals surface area contributed by atoms with E-state index in [2.05, 4.69) is 5.32 Å². The molecule has 0 aliphatic rings. The zero-order valence-electron chi connectivity index (χ0n) is 11.3. The lowest BCUT2D eigenvalue weighted by atomic mass is 10.1. The van der Waals surface area contributed by atoms with Crippen LogP contribution in [0.15, 0.2) is 24.3 Å². The van der Waals surface area contributed by atoms with Crippen LogP contribution in [0.4, 0.5) is 4.39 Å². The predicted molar refractivity (Wildman–Crippen MR) is 70.1 cm³/mol. The summed E-state index contributed by atoms with van der Waals surface area (Å²) in [6.45, 7) is 5.64. The maximum absolute atomic E-state index is 13.7. The van der Waals surface area contributed by atoms with Crippen LogP contribution in [-0.2, 0) is 9.47 Å². The van der Waals surface area contributed by atoms with E-state index in [4.69, 9.17) is 9.47 Å². The average molecular weight is 255 g/mol. The van der Waals surface area contributed by atoms with Crippen molar-refractivity contribution < 1.29 is 13.9 Å². The van der Waals surface area contributed by atoms with Crippen LogP contribution in [0.5, 0.6) is 0 Å². The quantitative estimate of drug-likeness (QED) is 0.724. The lowest BCUT2D eigenvalue weighted by Gasteiger charge is -2.20. The Balaban J connectivity index is 2.66. The van der Waals surface area contributed by atoms with E-state index in [1.165, 1.54) is 6.07 Å². The summed E-state index contributed by atoms with van der Waals surface area (Å²) in [7, 11) is 1.62. The Kier molecular flexibility index (Phi) is 6.86. The molecule has 1 aromatic rings. The molecule has 0 radical (unpaired) electrons. The molecular weight excluding hydrogens is 233 g/mol. The van der Waals surface area contributed by atoms with Crippen molar-refractivity contribution in [2.24, 2.45) is 0 Å². The highest BCUT2D eigenvalue weighted by molar-refractivity contribution is 5.20. The molecule has 4 heteroatoms. The molecule has 1 unspecified atom stereocenters. The summed E-state index contributed by atoms with van der Waals surface area (Å²) in [6.07, 6.45) is -0.288. The molecule has 0 heterocycles. The van der Waals surface area contributed by atoms with Crippen molar-refractivity contribution in [2.75, 3.05) is 26.9 Å². The molecule has 1 aromatic carbocycles. The Labute approximate surface area is 108 Å². The number of hydrogen-bond donors (Lipinski definition) is 1. The Morgan fingerprint density at radius 2 is 1.94 bits per heavy atom. The van der Waals surface area contributed by atoms with Crippen LogP contribution in [0.2, 0.25) is 0 Å². The van der Waals surface area contributed by atoms with Crippen LogP contribution in [-0.4, -0.2) is 32.9 Å². The second-order valence-corrected chi connectivity index (χ2v) is 4.44. The van der Waals surface area contributed by atoms with Crippen LogP contribution in [0.1, 0.15) is 25.5 Å². The maximum atomic E-state index is 13.7. The van der Waals surface area contributed by atoms with E-state index in [9.17, 15) is 4.39 Å².